The normalized spacial score (nSPS) is 24.5. The van der Waals surface area contributed by atoms with Crippen LogP contribution in [0.25, 0.3) is 0 Å². The van der Waals surface area contributed by atoms with E-state index in [9.17, 15) is 19.6 Å². The van der Waals surface area contributed by atoms with E-state index in [0.717, 1.165) is 6.42 Å². The lowest BCUT2D eigenvalue weighted by atomic mass is 9.85. The molecule has 0 heterocycles. The summed E-state index contributed by atoms with van der Waals surface area (Å²) in [6.07, 6.45) is 12.1. The molecular weight excluding hydrogens is 334 g/mol. The van der Waals surface area contributed by atoms with E-state index in [1.54, 1.807) is 0 Å². The van der Waals surface area contributed by atoms with Gasteiger partial charge in [-0.25, -0.2) is 0 Å². The fourth-order valence-electron chi connectivity index (χ4n) is 3.49. The molecule has 4 atom stereocenters. The number of carboxylic acids is 1. The van der Waals surface area contributed by atoms with Gasteiger partial charge in [0.05, 0.1) is 6.10 Å². The highest BCUT2D eigenvalue weighted by molar-refractivity contribution is 5.84. The van der Waals surface area contributed by atoms with Gasteiger partial charge in [0.25, 0.3) is 0 Å². The highest BCUT2D eigenvalue weighted by Gasteiger charge is 2.42. The van der Waals surface area contributed by atoms with Gasteiger partial charge in [-0.2, -0.15) is 4.91 Å². The lowest BCUT2D eigenvalue weighted by molar-refractivity contribution is -0.137. The fraction of sp³-hybridized carbons (Fsp3) is 0.700. The molecule has 146 valence electrons. The fourth-order valence-corrected chi connectivity index (χ4v) is 3.49. The first-order chi connectivity index (χ1) is 12.5. The first-order valence-electron chi connectivity index (χ1n) is 9.54. The highest BCUT2D eigenvalue weighted by atomic mass is 16.4. The number of aliphatic hydroxyl groups is 1. The van der Waals surface area contributed by atoms with Crippen LogP contribution in [0.2, 0.25) is 0 Å². The van der Waals surface area contributed by atoms with Crippen LogP contribution in [0.5, 0.6) is 0 Å². The number of nitrogens with zero attached hydrogens (tertiary/aromatic N) is 1. The summed E-state index contributed by atoms with van der Waals surface area (Å²) in [4.78, 5) is 33.8. The zero-order chi connectivity index (χ0) is 19.4. The number of hydrogen-bond donors (Lipinski definition) is 2. The minimum atomic E-state index is -0.809. The molecule has 0 bridgehead atoms. The average Bonchev–Trinajstić information content (AvgIpc) is 2.91. The summed E-state index contributed by atoms with van der Waals surface area (Å²) in [5.74, 6) is -1.09. The first-order valence-corrected chi connectivity index (χ1v) is 9.54. The van der Waals surface area contributed by atoms with Gasteiger partial charge in [-0.1, -0.05) is 36.4 Å². The van der Waals surface area contributed by atoms with Crippen molar-refractivity contribution in [3.63, 3.8) is 0 Å². The molecule has 0 aromatic heterocycles. The number of unbranched alkanes of at least 4 members (excludes halogenated alkanes) is 1. The lowest BCUT2D eigenvalue weighted by Crippen LogP contribution is -2.21. The van der Waals surface area contributed by atoms with Gasteiger partial charge >= 0.3 is 5.97 Å². The highest BCUT2D eigenvalue weighted by Crippen LogP contribution is 2.37. The minimum absolute atomic E-state index is 0.0650. The molecule has 6 nitrogen and oxygen atoms in total. The van der Waals surface area contributed by atoms with Gasteiger partial charge in [0, 0.05) is 18.8 Å². The van der Waals surface area contributed by atoms with Gasteiger partial charge in [0.1, 0.15) is 11.8 Å². The van der Waals surface area contributed by atoms with Crippen LogP contribution >= 0.6 is 0 Å². The Kier molecular flexibility index (Phi) is 10.7. The number of carbonyl (C=O) groups excluding carboxylic acids is 1. The minimum Gasteiger partial charge on any atom is -0.481 e. The number of aliphatic carboxylic acids is 1. The largest absolute Gasteiger partial charge is 0.481 e. The summed E-state index contributed by atoms with van der Waals surface area (Å²) >= 11 is 0. The van der Waals surface area contributed by atoms with Crippen molar-refractivity contribution in [1.29, 1.82) is 0 Å². The zero-order valence-corrected chi connectivity index (χ0v) is 15.5. The second-order valence-electron chi connectivity index (χ2n) is 6.95. The second kappa shape index (κ2) is 12.5. The topological polar surface area (TPSA) is 104 Å². The van der Waals surface area contributed by atoms with Crippen LogP contribution < -0.4 is 0 Å². The predicted molar refractivity (Wildman–Crippen MR) is 101 cm³/mol. The summed E-state index contributed by atoms with van der Waals surface area (Å²) in [6, 6.07) is -0.494. The summed E-state index contributed by atoms with van der Waals surface area (Å²) in [7, 11) is 0. The van der Waals surface area contributed by atoms with Crippen molar-refractivity contribution in [2.24, 2.45) is 17.0 Å². The van der Waals surface area contributed by atoms with E-state index >= 15 is 0 Å². The quantitative estimate of drug-likeness (QED) is 0.291. The van der Waals surface area contributed by atoms with Gasteiger partial charge in [-0.05, 0) is 50.9 Å². The van der Waals surface area contributed by atoms with Gasteiger partial charge in [0.15, 0.2) is 0 Å². The number of aliphatic hydroxyl groups excluding tert-OH is 1. The molecule has 1 fully saturated rings. The molecule has 0 aromatic carbocycles. The van der Waals surface area contributed by atoms with Crippen molar-refractivity contribution in [1.82, 2.24) is 0 Å². The number of rotatable bonds is 13. The molecule has 2 unspecified atom stereocenters. The molecule has 2 N–H and O–H groups in total. The molecule has 6 heteroatoms. The molecule has 1 rings (SSSR count). The van der Waals surface area contributed by atoms with Gasteiger partial charge in [0.2, 0.25) is 0 Å². The van der Waals surface area contributed by atoms with E-state index in [4.69, 9.17) is 5.11 Å². The molecule has 0 aliphatic heterocycles. The molecule has 1 aliphatic rings. The van der Waals surface area contributed by atoms with E-state index in [2.05, 4.69) is 5.18 Å². The molecule has 26 heavy (non-hydrogen) atoms. The summed E-state index contributed by atoms with van der Waals surface area (Å²) in [5.41, 5.74) is 0. The smallest absolute Gasteiger partial charge is 0.303 e. The second-order valence-corrected chi connectivity index (χ2v) is 6.95. The Balaban J connectivity index is 2.51. The van der Waals surface area contributed by atoms with E-state index < -0.39 is 18.1 Å². The van der Waals surface area contributed by atoms with Crippen molar-refractivity contribution >= 4 is 11.8 Å². The molecule has 0 saturated heterocycles. The van der Waals surface area contributed by atoms with Crippen LogP contribution in [0, 0.1) is 16.7 Å². The monoisotopic (exact) mass is 365 g/mol. The van der Waals surface area contributed by atoms with Crippen LogP contribution in [-0.2, 0) is 9.59 Å². The third kappa shape index (κ3) is 8.04. The number of carboxylic acid groups (broad SMARTS) is 1. The number of ketones is 1. The number of nitroso groups, excluding NO2 is 1. The number of allylic oxidation sites excluding steroid dienone is 3. The Morgan fingerprint density at radius 2 is 2.08 bits per heavy atom. The predicted octanol–water partition coefficient (Wildman–Crippen LogP) is 4.03. The van der Waals surface area contributed by atoms with Crippen molar-refractivity contribution in [3.8, 4) is 0 Å². The molecular formula is C20H31NO5. The summed E-state index contributed by atoms with van der Waals surface area (Å²) in [6.45, 7) is 2.03. The Bertz CT molecular complexity index is 514. The van der Waals surface area contributed by atoms with Crippen molar-refractivity contribution in [2.45, 2.75) is 76.9 Å². The SMILES string of the molecule is CCC=CCC(O)CC[C@H]1C(N=O)CC(=O)[C@@H]1CC=CCCCC(=O)O. The Morgan fingerprint density at radius 3 is 2.73 bits per heavy atom. The third-order valence-corrected chi connectivity index (χ3v) is 4.93. The maximum absolute atomic E-state index is 12.2. The van der Waals surface area contributed by atoms with E-state index in [-0.39, 0.29) is 30.5 Å². The molecule has 1 aliphatic carbocycles. The lowest BCUT2D eigenvalue weighted by Gasteiger charge is -2.20. The molecule has 1 saturated carbocycles. The number of hydrogen-bond acceptors (Lipinski definition) is 5. The number of carbonyl (C=O) groups is 2. The van der Waals surface area contributed by atoms with Crippen molar-refractivity contribution in [3.05, 3.63) is 29.2 Å². The Labute approximate surface area is 155 Å². The Morgan fingerprint density at radius 1 is 1.31 bits per heavy atom. The van der Waals surface area contributed by atoms with Crippen LogP contribution in [0.15, 0.2) is 29.5 Å². The average molecular weight is 365 g/mol. The van der Waals surface area contributed by atoms with E-state index in [0.29, 0.717) is 38.5 Å². The van der Waals surface area contributed by atoms with Gasteiger partial charge in [-0.3, -0.25) is 9.59 Å². The Hall–Kier alpha value is -1.82. The molecule has 0 spiro atoms. The maximum atomic E-state index is 12.2. The third-order valence-electron chi connectivity index (χ3n) is 4.93. The standard InChI is InChI=1S/C20H31NO5/c1-2-3-6-9-15(22)12-13-16-17(19(23)14-18(16)21-26)10-7-4-5-8-11-20(24)25/h3-4,6-7,15-18,22H,2,5,8-14H2,1H3,(H,24,25)/t15?,16-,17-,18?/m1/s1. The molecule has 0 amide bonds. The van der Waals surface area contributed by atoms with Crippen LogP contribution in [0.4, 0.5) is 0 Å². The first kappa shape index (κ1) is 22.2. The molecule has 0 aromatic rings. The van der Waals surface area contributed by atoms with Gasteiger partial charge in [-0.15, -0.1) is 0 Å². The van der Waals surface area contributed by atoms with Crippen molar-refractivity contribution in [2.75, 3.05) is 0 Å². The zero-order valence-electron chi connectivity index (χ0n) is 15.5. The maximum Gasteiger partial charge on any atom is 0.303 e. The molecule has 0 radical (unpaired) electrons. The van der Waals surface area contributed by atoms with Crippen molar-refractivity contribution < 1.29 is 19.8 Å². The van der Waals surface area contributed by atoms with E-state index in [1.165, 1.54) is 0 Å². The van der Waals surface area contributed by atoms with Gasteiger partial charge < -0.3 is 10.2 Å². The summed E-state index contributed by atoms with van der Waals surface area (Å²) in [5, 5.41) is 21.8. The summed E-state index contributed by atoms with van der Waals surface area (Å²) < 4.78 is 0. The van der Waals surface area contributed by atoms with E-state index in [1.807, 2.05) is 31.2 Å². The number of Topliss-reactive ketones (excluding diaryl/α,β-unsaturated/α-hetero) is 1. The van der Waals surface area contributed by atoms with Crippen LogP contribution in [0.3, 0.4) is 0 Å². The van der Waals surface area contributed by atoms with Crippen LogP contribution in [0.1, 0.15) is 64.7 Å². The van der Waals surface area contributed by atoms with Crippen LogP contribution in [-0.4, -0.2) is 34.1 Å².